The number of anilines is 1. The van der Waals surface area contributed by atoms with E-state index in [9.17, 15) is 9.59 Å². The van der Waals surface area contributed by atoms with Gasteiger partial charge < -0.3 is 20.9 Å². The molecule has 1 aromatic carbocycles. The van der Waals surface area contributed by atoms with E-state index in [0.717, 1.165) is 23.4 Å². The Labute approximate surface area is 165 Å². The number of fused-ring (bicyclic) bond motifs is 1. The van der Waals surface area contributed by atoms with Crippen LogP contribution in [0.15, 0.2) is 24.3 Å². The molecule has 150 valence electrons. The maximum absolute atomic E-state index is 12.6. The Morgan fingerprint density at radius 3 is 2.61 bits per heavy atom. The molecule has 0 saturated carbocycles. The molecule has 2 heterocycles. The van der Waals surface area contributed by atoms with Gasteiger partial charge in [0, 0.05) is 56.6 Å². The normalized spacial score (nSPS) is 15.8. The van der Waals surface area contributed by atoms with Gasteiger partial charge in [-0.1, -0.05) is 26.0 Å². The van der Waals surface area contributed by atoms with Gasteiger partial charge in [0.25, 0.3) is 5.91 Å². The Hall–Kier alpha value is -2.87. The van der Waals surface area contributed by atoms with Crippen LogP contribution in [0.3, 0.4) is 0 Å². The summed E-state index contributed by atoms with van der Waals surface area (Å²) in [5, 5.41) is 16.4. The summed E-state index contributed by atoms with van der Waals surface area (Å²) in [5.74, 6) is 0.617. The number of carbonyl (C=O) groups is 2. The van der Waals surface area contributed by atoms with Crippen LogP contribution in [0.25, 0.3) is 0 Å². The summed E-state index contributed by atoms with van der Waals surface area (Å²) in [6, 6.07) is 7.20. The van der Waals surface area contributed by atoms with E-state index in [2.05, 4.69) is 40.0 Å². The molecule has 3 amide bonds. The van der Waals surface area contributed by atoms with E-state index in [1.165, 1.54) is 4.90 Å². The van der Waals surface area contributed by atoms with Crippen molar-refractivity contribution in [3.05, 3.63) is 46.8 Å². The highest BCUT2D eigenvalue weighted by Gasteiger charge is 2.29. The molecule has 0 bridgehead atoms. The third-order valence-electron chi connectivity index (χ3n) is 5.02. The van der Waals surface area contributed by atoms with Crippen LogP contribution in [-0.2, 0) is 13.1 Å². The van der Waals surface area contributed by atoms with Gasteiger partial charge in [-0.05, 0) is 23.6 Å². The van der Waals surface area contributed by atoms with E-state index in [4.69, 9.17) is 0 Å². The quantitative estimate of drug-likeness (QED) is 0.635. The van der Waals surface area contributed by atoms with Crippen LogP contribution in [0.2, 0.25) is 0 Å². The van der Waals surface area contributed by atoms with Crippen LogP contribution >= 0.6 is 0 Å². The van der Waals surface area contributed by atoms with Crippen molar-refractivity contribution >= 4 is 17.6 Å². The Bertz CT molecular complexity index is 841. The summed E-state index contributed by atoms with van der Waals surface area (Å²) >= 11 is 0. The first-order valence-corrected chi connectivity index (χ1v) is 9.50. The zero-order valence-corrected chi connectivity index (χ0v) is 16.8. The lowest BCUT2D eigenvalue weighted by molar-refractivity contribution is 0.0944. The fraction of sp³-hybridized carbons (Fsp3) is 0.450. The monoisotopic (exact) mass is 384 g/mol. The van der Waals surface area contributed by atoms with Gasteiger partial charge in [-0.15, -0.1) is 0 Å². The summed E-state index contributed by atoms with van der Waals surface area (Å²) in [5.41, 5.74) is 4.14. The van der Waals surface area contributed by atoms with Crippen LogP contribution < -0.4 is 16.0 Å². The first-order valence-electron chi connectivity index (χ1n) is 9.50. The number of benzene rings is 1. The molecule has 1 aliphatic rings. The fourth-order valence-electron chi connectivity index (χ4n) is 3.28. The molecular weight excluding hydrogens is 356 g/mol. The number of nitrogens with zero attached hydrogens (tertiary/aromatic N) is 2. The molecule has 1 aliphatic heterocycles. The van der Waals surface area contributed by atoms with Crippen molar-refractivity contribution in [3.8, 4) is 0 Å². The Morgan fingerprint density at radius 1 is 1.25 bits per heavy atom. The van der Waals surface area contributed by atoms with Gasteiger partial charge in [-0.25, -0.2) is 4.79 Å². The number of hydrogen-bond acceptors (Lipinski definition) is 4. The summed E-state index contributed by atoms with van der Waals surface area (Å²) in [6.45, 7) is 6.28. The number of rotatable bonds is 5. The number of H-pyrrole nitrogens is 1. The van der Waals surface area contributed by atoms with E-state index in [-0.39, 0.29) is 11.9 Å². The van der Waals surface area contributed by atoms with Crippen molar-refractivity contribution in [2.45, 2.75) is 32.9 Å². The molecule has 1 aromatic heterocycles. The lowest BCUT2D eigenvalue weighted by Gasteiger charge is -2.26. The molecule has 4 N–H and O–H groups in total. The summed E-state index contributed by atoms with van der Waals surface area (Å²) in [6.07, 6.45) is 0. The predicted octanol–water partition coefficient (Wildman–Crippen LogP) is 2.28. The van der Waals surface area contributed by atoms with Crippen molar-refractivity contribution < 1.29 is 9.59 Å². The molecule has 1 unspecified atom stereocenters. The van der Waals surface area contributed by atoms with E-state index >= 15 is 0 Å². The minimum atomic E-state index is -0.186. The minimum absolute atomic E-state index is 0.183. The van der Waals surface area contributed by atoms with E-state index in [1.54, 1.807) is 14.1 Å². The maximum atomic E-state index is 12.6. The third-order valence-corrected chi connectivity index (χ3v) is 5.02. The second-order valence-corrected chi connectivity index (χ2v) is 7.65. The minimum Gasteiger partial charge on any atom is -0.347 e. The van der Waals surface area contributed by atoms with Gasteiger partial charge >= 0.3 is 6.03 Å². The molecule has 2 aromatic rings. The summed E-state index contributed by atoms with van der Waals surface area (Å²) in [4.78, 5) is 25.8. The molecule has 8 heteroatoms. The van der Waals surface area contributed by atoms with Gasteiger partial charge in [0.05, 0.1) is 0 Å². The molecular formula is C20H28N6O2. The highest BCUT2D eigenvalue weighted by Crippen LogP contribution is 2.29. The number of hydrogen-bond donors (Lipinski definition) is 4. The highest BCUT2D eigenvalue weighted by molar-refractivity contribution is 5.94. The Kier molecular flexibility index (Phi) is 5.99. The van der Waals surface area contributed by atoms with E-state index < -0.39 is 0 Å². The number of aromatic amines is 1. The predicted molar refractivity (Wildman–Crippen MR) is 108 cm³/mol. The van der Waals surface area contributed by atoms with Crippen LogP contribution in [0.5, 0.6) is 0 Å². The van der Waals surface area contributed by atoms with Crippen molar-refractivity contribution in [2.75, 3.05) is 26.0 Å². The smallest absolute Gasteiger partial charge is 0.321 e. The number of amides is 3. The topological polar surface area (TPSA) is 102 Å². The SMILES string of the molecule is CC(C)C1CNCc2c(C(=O)NCc3ccc(NC(=O)N(C)C)cc3)n[nH]c21. The molecule has 0 spiro atoms. The molecule has 3 rings (SSSR count). The first kappa shape index (κ1) is 19.9. The molecule has 0 fully saturated rings. The first-order chi connectivity index (χ1) is 13.4. The van der Waals surface area contributed by atoms with E-state index in [1.807, 2.05) is 24.3 Å². The largest absolute Gasteiger partial charge is 0.347 e. The Balaban J connectivity index is 1.61. The second kappa shape index (κ2) is 8.43. The van der Waals surface area contributed by atoms with Gasteiger partial charge in [0.2, 0.25) is 0 Å². The van der Waals surface area contributed by atoms with Crippen molar-refractivity contribution in [3.63, 3.8) is 0 Å². The summed E-state index contributed by atoms with van der Waals surface area (Å²) in [7, 11) is 3.37. The van der Waals surface area contributed by atoms with Gasteiger partial charge in [-0.2, -0.15) is 5.10 Å². The van der Waals surface area contributed by atoms with Crippen molar-refractivity contribution in [1.29, 1.82) is 0 Å². The molecule has 8 nitrogen and oxygen atoms in total. The standard InChI is InChI=1S/C20H28N6O2/c1-12(2)15-10-21-11-16-17(15)24-25-18(16)19(27)22-9-13-5-7-14(8-6-13)23-20(28)26(3)4/h5-8,12,15,21H,9-11H2,1-4H3,(H,22,27)(H,23,28)(H,24,25). The second-order valence-electron chi connectivity index (χ2n) is 7.65. The fourth-order valence-corrected chi connectivity index (χ4v) is 3.28. The van der Waals surface area contributed by atoms with Gasteiger partial charge in [0.15, 0.2) is 5.69 Å². The summed E-state index contributed by atoms with van der Waals surface area (Å²) < 4.78 is 0. The zero-order chi connectivity index (χ0) is 20.3. The van der Waals surface area contributed by atoms with Crippen LogP contribution in [0.4, 0.5) is 10.5 Å². The molecule has 0 radical (unpaired) electrons. The molecule has 28 heavy (non-hydrogen) atoms. The number of nitrogens with one attached hydrogen (secondary N) is 4. The number of carbonyl (C=O) groups excluding carboxylic acids is 2. The maximum Gasteiger partial charge on any atom is 0.321 e. The van der Waals surface area contributed by atoms with Gasteiger partial charge in [0.1, 0.15) is 0 Å². The van der Waals surface area contributed by atoms with Crippen LogP contribution in [0.1, 0.15) is 47.1 Å². The lowest BCUT2D eigenvalue weighted by atomic mass is 9.87. The Morgan fingerprint density at radius 2 is 1.96 bits per heavy atom. The highest BCUT2D eigenvalue weighted by atomic mass is 16.2. The molecule has 1 atom stereocenters. The molecule has 0 saturated heterocycles. The lowest BCUT2D eigenvalue weighted by Crippen LogP contribution is -2.32. The average molecular weight is 384 g/mol. The van der Waals surface area contributed by atoms with Gasteiger partial charge in [-0.3, -0.25) is 9.89 Å². The number of aromatic nitrogens is 2. The van der Waals surface area contributed by atoms with Crippen molar-refractivity contribution in [1.82, 2.24) is 25.7 Å². The van der Waals surface area contributed by atoms with Crippen molar-refractivity contribution in [2.24, 2.45) is 5.92 Å². The zero-order valence-electron chi connectivity index (χ0n) is 16.8. The third kappa shape index (κ3) is 4.33. The molecule has 0 aliphatic carbocycles. The van der Waals surface area contributed by atoms with Crippen LogP contribution in [-0.4, -0.2) is 47.7 Å². The number of urea groups is 1. The van der Waals surface area contributed by atoms with Crippen LogP contribution in [0, 0.1) is 5.92 Å². The average Bonchev–Trinajstić information content (AvgIpc) is 3.11. The van der Waals surface area contributed by atoms with E-state index in [0.29, 0.717) is 36.3 Å².